The molecule has 0 saturated carbocycles. The summed E-state index contributed by atoms with van der Waals surface area (Å²) in [5.41, 5.74) is 1.07. The maximum absolute atomic E-state index is 10.9. The first-order valence-corrected chi connectivity index (χ1v) is 8.14. The summed E-state index contributed by atoms with van der Waals surface area (Å²) < 4.78 is 0. The van der Waals surface area contributed by atoms with Gasteiger partial charge in [-0.1, -0.05) is 30.3 Å². The Balaban J connectivity index is 1.59. The van der Waals surface area contributed by atoms with Gasteiger partial charge in [0.25, 0.3) is 0 Å². The van der Waals surface area contributed by atoms with E-state index in [4.69, 9.17) is 5.26 Å². The molecular formula is C19H22N4O. The Kier molecular flexibility index (Phi) is 4.79. The maximum atomic E-state index is 10.9. The Morgan fingerprint density at radius 2 is 2.08 bits per heavy atom. The summed E-state index contributed by atoms with van der Waals surface area (Å²) in [4.78, 5) is 8.53. The zero-order valence-electron chi connectivity index (χ0n) is 13.9. The van der Waals surface area contributed by atoms with Crippen molar-refractivity contribution >= 4 is 5.82 Å². The van der Waals surface area contributed by atoms with E-state index in [0.717, 1.165) is 25.3 Å². The van der Waals surface area contributed by atoms with Crippen molar-refractivity contribution in [3.8, 4) is 6.07 Å². The molecule has 0 amide bonds. The zero-order valence-corrected chi connectivity index (χ0v) is 13.9. The molecule has 124 valence electrons. The lowest BCUT2D eigenvalue weighted by Crippen LogP contribution is -2.44. The van der Waals surface area contributed by atoms with Gasteiger partial charge in [0, 0.05) is 39.4 Å². The first-order valence-electron chi connectivity index (χ1n) is 8.14. The minimum Gasteiger partial charge on any atom is -0.387 e. The van der Waals surface area contributed by atoms with Crippen LogP contribution in [0.15, 0.2) is 48.7 Å². The number of anilines is 1. The predicted octanol–water partition coefficient (Wildman–Crippen LogP) is 2.03. The van der Waals surface area contributed by atoms with Crippen LogP contribution >= 0.6 is 0 Å². The van der Waals surface area contributed by atoms with Crippen molar-refractivity contribution in [3.05, 3.63) is 59.8 Å². The molecule has 1 aromatic carbocycles. The van der Waals surface area contributed by atoms with Gasteiger partial charge in [0.15, 0.2) is 0 Å². The summed E-state index contributed by atoms with van der Waals surface area (Å²) in [6, 6.07) is 16.0. The number of pyridine rings is 1. The minimum atomic E-state index is -0.737. The van der Waals surface area contributed by atoms with Crippen LogP contribution in [0.4, 0.5) is 5.82 Å². The number of likely N-dealkylation sites (tertiary alicyclic amines) is 1. The molecule has 24 heavy (non-hydrogen) atoms. The van der Waals surface area contributed by atoms with Gasteiger partial charge in [-0.15, -0.1) is 0 Å². The van der Waals surface area contributed by atoms with E-state index in [1.165, 1.54) is 5.56 Å². The smallest absolute Gasteiger partial charge is 0.128 e. The molecule has 2 heterocycles. The summed E-state index contributed by atoms with van der Waals surface area (Å²) in [7, 11) is 1.92. The van der Waals surface area contributed by atoms with Crippen molar-refractivity contribution in [3.63, 3.8) is 0 Å². The van der Waals surface area contributed by atoms with Gasteiger partial charge in [0.05, 0.1) is 11.2 Å². The fourth-order valence-electron chi connectivity index (χ4n) is 3.25. The first-order chi connectivity index (χ1) is 11.6. The van der Waals surface area contributed by atoms with E-state index in [1.54, 1.807) is 12.3 Å². The number of β-amino-alcohol motifs (C(OH)–C–C–N with tert-alkyl or cyclic N) is 1. The van der Waals surface area contributed by atoms with Crippen molar-refractivity contribution in [1.29, 1.82) is 5.26 Å². The Labute approximate surface area is 142 Å². The van der Waals surface area contributed by atoms with Gasteiger partial charge in [-0.25, -0.2) is 4.98 Å². The second kappa shape index (κ2) is 7.00. The molecule has 1 saturated heterocycles. The van der Waals surface area contributed by atoms with Gasteiger partial charge in [0.1, 0.15) is 11.9 Å². The van der Waals surface area contributed by atoms with E-state index < -0.39 is 5.60 Å². The molecule has 1 aliphatic rings. The number of aliphatic hydroxyl groups is 1. The molecule has 1 N–H and O–H groups in total. The molecule has 1 unspecified atom stereocenters. The SMILES string of the molecule is CN(CC1(O)CCN(Cc2ccccc2)C1)c1ccc(C#N)cn1. The normalized spacial score (nSPS) is 20.7. The number of nitrogens with zero attached hydrogens (tertiary/aromatic N) is 4. The average Bonchev–Trinajstić information content (AvgIpc) is 2.96. The Bertz CT molecular complexity index is 710. The van der Waals surface area contributed by atoms with Crippen molar-refractivity contribution in [1.82, 2.24) is 9.88 Å². The molecule has 0 bridgehead atoms. The van der Waals surface area contributed by atoms with Crippen LogP contribution in [0.3, 0.4) is 0 Å². The molecule has 0 aliphatic carbocycles. The number of nitriles is 1. The van der Waals surface area contributed by atoms with Gasteiger partial charge in [-0.3, -0.25) is 4.90 Å². The number of aromatic nitrogens is 1. The summed E-state index contributed by atoms with van der Waals surface area (Å²) in [5, 5.41) is 19.7. The number of likely N-dealkylation sites (N-methyl/N-ethyl adjacent to an activating group) is 1. The molecule has 5 heteroatoms. The molecule has 1 fully saturated rings. The van der Waals surface area contributed by atoms with Crippen LogP contribution in [-0.2, 0) is 6.54 Å². The van der Waals surface area contributed by atoms with E-state index >= 15 is 0 Å². The lowest BCUT2D eigenvalue weighted by Gasteiger charge is -2.29. The fourth-order valence-corrected chi connectivity index (χ4v) is 3.25. The van der Waals surface area contributed by atoms with Crippen LogP contribution in [0.5, 0.6) is 0 Å². The van der Waals surface area contributed by atoms with Crippen LogP contribution in [-0.4, -0.2) is 47.3 Å². The second-order valence-corrected chi connectivity index (χ2v) is 6.54. The Hall–Kier alpha value is -2.42. The lowest BCUT2D eigenvalue weighted by molar-refractivity contribution is 0.0561. The van der Waals surface area contributed by atoms with Crippen molar-refractivity contribution in [2.24, 2.45) is 0 Å². The molecule has 3 rings (SSSR count). The van der Waals surface area contributed by atoms with Crippen LogP contribution in [0, 0.1) is 11.3 Å². The number of rotatable bonds is 5. The standard InChI is InChI=1S/C19H22N4O/c1-22(18-8-7-17(11-20)12-21-18)14-19(24)9-10-23(15-19)13-16-5-3-2-4-6-16/h2-8,12,24H,9-10,13-15H2,1H3. The summed E-state index contributed by atoms with van der Waals surface area (Å²) in [6.07, 6.45) is 2.31. The Morgan fingerprint density at radius 3 is 2.75 bits per heavy atom. The monoisotopic (exact) mass is 322 g/mol. The highest BCUT2D eigenvalue weighted by Gasteiger charge is 2.37. The predicted molar refractivity (Wildman–Crippen MR) is 93.5 cm³/mol. The Morgan fingerprint density at radius 1 is 1.29 bits per heavy atom. The van der Waals surface area contributed by atoms with Crippen molar-refractivity contribution in [2.45, 2.75) is 18.6 Å². The minimum absolute atomic E-state index is 0.525. The van der Waals surface area contributed by atoms with Gasteiger partial charge < -0.3 is 10.0 Å². The lowest BCUT2D eigenvalue weighted by atomic mass is 10.0. The summed E-state index contributed by atoms with van der Waals surface area (Å²) >= 11 is 0. The van der Waals surface area contributed by atoms with E-state index in [0.29, 0.717) is 18.7 Å². The average molecular weight is 322 g/mol. The molecule has 1 atom stereocenters. The molecule has 5 nitrogen and oxygen atoms in total. The number of hydrogen-bond donors (Lipinski definition) is 1. The number of hydrogen-bond acceptors (Lipinski definition) is 5. The fraction of sp³-hybridized carbons (Fsp3) is 0.368. The first kappa shape index (κ1) is 16.4. The van der Waals surface area contributed by atoms with Crippen molar-refractivity contribution in [2.75, 3.05) is 31.6 Å². The highest BCUT2D eigenvalue weighted by Crippen LogP contribution is 2.25. The second-order valence-electron chi connectivity index (χ2n) is 6.54. The van der Waals surface area contributed by atoms with Crippen LogP contribution < -0.4 is 4.90 Å². The quantitative estimate of drug-likeness (QED) is 0.912. The van der Waals surface area contributed by atoms with E-state index in [-0.39, 0.29) is 0 Å². The highest BCUT2D eigenvalue weighted by molar-refractivity contribution is 5.41. The van der Waals surface area contributed by atoms with Crippen LogP contribution in [0.1, 0.15) is 17.5 Å². The van der Waals surface area contributed by atoms with Crippen LogP contribution in [0.2, 0.25) is 0 Å². The molecule has 2 aromatic rings. The molecule has 0 radical (unpaired) electrons. The summed E-state index contributed by atoms with van der Waals surface area (Å²) in [5.74, 6) is 0.768. The largest absolute Gasteiger partial charge is 0.387 e. The third-order valence-electron chi connectivity index (χ3n) is 4.46. The van der Waals surface area contributed by atoms with E-state index in [9.17, 15) is 5.11 Å². The van der Waals surface area contributed by atoms with Crippen LogP contribution in [0.25, 0.3) is 0 Å². The zero-order chi connectivity index (χ0) is 17.0. The van der Waals surface area contributed by atoms with Gasteiger partial charge in [-0.05, 0) is 24.1 Å². The van der Waals surface area contributed by atoms with Gasteiger partial charge in [-0.2, -0.15) is 5.26 Å². The molecule has 1 aromatic heterocycles. The maximum Gasteiger partial charge on any atom is 0.128 e. The van der Waals surface area contributed by atoms with Gasteiger partial charge in [0.2, 0.25) is 0 Å². The molecular weight excluding hydrogens is 300 g/mol. The highest BCUT2D eigenvalue weighted by atomic mass is 16.3. The third-order valence-corrected chi connectivity index (χ3v) is 4.46. The van der Waals surface area contributed by atoms with Crippen molar-refractivity contribution < 1.29 is 5.11 Å². The van der Waals surface area contributed by atoms with E-state index in [2.05, 4.69) is 28.1 Å². The number of benzene rings is 1. The molecule has 0 spiro atoms. The third kappa shape index (κ3) is 3.91. The van der Waals surface area contributed by atoms with Gasteiger partial charge >= 0.3 is 0 Å². The van der Waals surface area contributed by atoms with E-state index in [1.807, 2.05) is 36.2 Å². The topological polar surface area (TPSA) is 63.4 Å². The summed E-state index contributed by atoms with van der Waals surface area (Å²) in [6.45, 7) is 2.93. The molecule has 1 aliphatic heterocycles.